The lowest BCUT2D eigenvalue weighted by Crippen LogP contribution is -2.40. The van der Waals surface area contributed by atoms with Crippen LogP contribution in [0.4, 0.5) is 4.39 Å². The van der Waals surface area contributed by atoms with Crippen LogP contribution in [0, 0.1) is 5.82 Å². The van der Waals surface area contributed by atoms with E-state index >= 15 is 0 Å². The average molecular weight is 318 g/mol. The first-order valence-electron chi connectivity index (χ1n) is 5.76. The molecule has 0 spiro atoms. The van der Waals surface area contributed by atoms with Crippen LogP contribution in [0.1, 0.15) is 24.2 Å². The van der Waals surface area contributed by atoms with E-state index in [2.05, 4.69) is 15.9 Å². The van der Waals surface area contributed by atoms with Crippen molar-refractivity contribution in [3.8, 4) is 0 Å². The van der Waals surface area contributed by atoms with Gasteiger partial charge >= 0.3 is 0 Å². The Balaban J connectivity index is 2.92. The lowest BCUT2D eigenvalue weighted by Gasteiger charge is -2.27. The molecule has 1 rings (SSSR count). The predicted molar refractivity (Wildman–Crippen MR) is 72.1 cm³/mol. The van der Waals surface area contributed by atoms with Crippen LogP contribution >= 0.6 is 15.9 Å². The number of carbonyl (C=O) groups excluding carboxylic acids is 1. The molecule has 0 bridgehead atoms. The van der Waals surface area contributed by atoms with Crippen LogP contribution in [-0.4, -0.2) is 37.1 Å². The highest BCUT2D eigenvalue weighted by atomic mass is 79.9. The van der Waals surface area contributed by atoms with Crippen LogP contribution in [-0.2, 0) is 4.74 Å². The van der Waals surface area contributed by atoms with Gasteiger partial charge in [-0.3, -0.25) is 4.79 Å². The predicted octanol–water partition coefficient (Wildman–Crippen LogP) is 3.09. The van der Waals surface area contributed by atoms with E-state index in [1.54, 1.807) is 18.1 Å². The lowest BCUT2D eigenvalue weighted by molar-refractivity contribution is 0.0579. The molecule has 0 N–H and O–H groups in total. The Kier molecular flexibility index (Phi) is 5.75. The van der Waals surface area contributed by atoms with Crippen molar-refractivity contribution in [1.29, 1.82) is 0 Å². The summed E-state index contributed by atoms with van der Waals surface area (Å²) in [6.45, 7) is 4.80. The van der Waals surface area contributed by atoms with E-state index in [4.69, 9.17) is 4.74 Å². The summed E-state index contributed by atoms with van der Waals surface area (Å²) < 4.78 is 18.8. The summed E-state index contributed by atoms with van der Waals surface area (Å²) in [5.74, 6) is -0.621. The van der Waals surface area contributed by atoms with Crippen LogP contribution in [0.3, 0.4) is 0 Å². The maximum atomic E-state index is 13.4. The molecule has 1 atom stereocenters. The zero-order chi connectivity index (χ0) is 13.7. The number of benzene rings is 1. The van der Waals surface area contributed by atoms with Crippen molar-refractivity contribution in [3.05, 3.63) is 34.1 Å². The van der Waals surface area contributed by atoms with Crippen LogP contribution < -0.4 is 0 Å². The van der Waals surface area contributed by atoms with E-state index in [1.165, 1.54) is 12.1 Å². The molecule has 1 unspecified atom stereocenters. The quantitative estimate of drug-likeness (QED) is 0.835. The third-order valence-corrected chi connectivity index (χ3v) is 3.35. The van der Waals surface area contributed by atoms with Crippen molar-refractivity contribution in [2.45, 2.75) is 19.9 Å². The van der Waals surface area contributed by atoms with Crippen molar-refractivity contribution in [1.82, 2.24) is 4.90 Å². The van der Waals surface area contributed by atoms with Crippen molar-refractivity contribution >= 4 is 21.8 Å². The standard InChI is InChI=1S/C13H17BrFNO2/c1-4-16(9(2)8-18-3)13(17)10-5-6-11(14)12(15)7-10/h5-7,9H,4,8H2,1-3H3. The second-order valence-corrected chi connectivity index (χ2v) is 4.88. The van der Waals surface area contributed by atoms with Crippen molar-refractivity contribution in [2.24, 2.45) is 0 Å². The summed E-state index contributed by atoms with van der Waals surface area (Å²) in [5, 5.41) is 0. The molecule has 1 aromatic carbocycles. The van der Waals surface area contributed by atoms with Gasteiger partial charge in [0, 0.05) is 19.2 Å². The van der Waals surface area contributed by atoms with Gasteiger partial charge in [0.1, 0.15) is 5.82 Å². The van der Waals surface area contributed by atoms with Crippen molar-refractivity contribution in [3.63, 3.8) is 0 Å². The van der Waals surface area contributed by atoms with E-state index in [-0.39, 0.29) is 11.9 Å². The Morgan fingerprint density at radius 2 is 2.22 bits per heavy atom. The molecule has 3 nitrogen and oxygen atoms in total. The molecule has 1 amide bonds. The molecule has 0 heterocycles. The van der Waals surface area contributed by atoms with Gasteiger partial charge < -0.3 is 9.64 Å². The fraction of sp³-hybridized carbons (Fsp3) is 0.462. The highest BCUT2D eigenvalue weighted by molar-refractivity contribution is 9.10. The second kappa shape index (κ2) is 6.85. The first-order chi connectivity index (χ1) is 8.51. The molecule has 18 heavy (non-hydrogen) atoms. The number of amides is 1. The van der Waals surface area contributed by atoms with Crippen LogP contribution in [0.2, 0.25) is 0 Å². The smallest absolute Gasteiger partial charge is 0.254 e. The van der Waals surface area contributed by atoms with Gasteiger partial charge in [-0.2, -0.15) is 0 Å². The molecule has 0 aliphatic rings. The zero-order valence-electron chi connectivity index (χ0n) is 10.7. The van der Waals surface area contributed by atoms with E-state index in [9.17, 15) is 9.18 Å². The summed E-state index contributed by atoms with van der Waals surface area (Å²) in [5.41, 5.74) is 0.348. The first-order valence-corrected chi connectivity index (χ1v) is 6.55. The summed E-state index contributed by atoms with van der Waals surface area (Å²) in [6, 6.07) is 4.35. The van der Waals surface area contributed by atoms with Gasteiger partial charge in [0.2, 0.25) is 0 Å². The Hall–Kier alpha value is -0.940. The molecule has 0 saturated carbocycles. The number of likely N-dealkylation sites (N-methyl/N-ethyl adjacent to an activating group) is 1. The number of carbonyl (C=O) groups is 1. The molecule has 1 aromatic rings. The van der Waals surface area contributed by atoms with Gasteiger partial charge in [-0.05, 0) is 48.0 Å². The number of rotatable bonds is 5. The number of hydrogen-bond donors (Lipinski definition) is 0. The average Bonchev–Trinajstić information content (AvgIpc) is 2.33. The molecule has 0 radical (unpaired) electrons. The molecule has 0 aliphatic carbocycles. The minimum Gasteiger partial charge on any atom is -0.383 e. The Morgan fingerprint density at radius 3 is 2.72 bits per heavy atom. The fourth-order valence-electron chi connectivity index (χ4n) is 1.78. The van der Waals surface area contributed by atoms with Gasteiger partial charge in [0.15, 0.2) is 0 Å². The highest BCUT2D eigenvalue weighted by Gasteiger charge is 2.20. The normalized spacial score (nSPS) is 12.3. The molecular weight excluding hydrogens is 301 g/mol. The summed E-state index contributed by atoms with van der Waals surface area (Å²) in [7, 11) is 1.59. The Morgan fingerprint density at radius 1 is 1.56 bits per heavy atom. The lowest BCUT2D eigenvalue weighted by atomic mass is 10.1. The van der Waals surface area contributed by atoms with Gasteiger partial charge in [0.05, 0.1) is 17.1 Å². The third-order valence-electron chi connectivity index (χ3n) is 2.71. The van der Waals surface area contributed by atoms with Crippen LogP contribution in [0.25, 0.3) is 0 Å². The van der Waals surface area contributed by atoms with Gasteiger partial charge in [0.25, 0.3) is 5.91 Å². The molecule has 5 heteroatoms. The number of halogens is 2. The van der Waals surface area contributed by atoms with E-state index in [0.29, 0.717) is 23.2 Å². The Labute approximate surface area is 115 Å². The number of ether oxygens (including phenoxy) is 1. The molecule has 100 valence electrons. The minimum absolute atomic E-state index is 0.0424. The molecule has 0 aliphatic heterocycles. The molecule has 0 saturated heterocycles. The monoisotopic (exact) mass is 317 g/mol. The number of methoxy groups -OCH3 is 1. The van der Waals surface area contributed by atoms with Gasteiger partial charge in [-0.25, -0.2) is 4.39 Å². The second-order valence-electron chi connectivity index (χ2n) is 4.02. The SMILES string of the molecule is CCN(C(=O)c1ccc(Br)c(F)c1)C(C)COC. The van der Waals surface area contributed by atoms with E-state index in [1.807, 2.05) is 13.8 Å². The topological polar surface area (TPSA) is 29.5 Å². The third kappa shape index (κ3) is 3.53. The highest BCUT2D eigenvalue weighted by Crippen LogP contribution is 2.18. The molecule has 0 aromatic heterocycles. The largest absolute Gasteiger partial charge is 0.383 e. The van der Waals surface area contributed by atoms with Crippen LogP contribution in [0.15, 0.2) is 22.7 Å². The fourth-order valence-corrected chi connectivity index (χ4v) is 2.03. The number of hydrogen-bond acceptors (Lipinski definition) is 2. The van der Waals surface area contributed by atoms with Gasteiger partial charge in [-0.1, -0.05) is 0 Å². The zero-order valence-corrected chi connectivity index (χ0v) is 12.3. The summed E-state index contributed by atoms with van der Waals surface area (Å²) in [4.78, 5) is 13.9. The maximum Gasteiger partial charge on any atom is 0.254 e. The molecule has 0 fully saturated rings. The van der Waals surface area contributed by atoms with E-state index in [0.717, 1.165) is 0 Å². The summed E-state index contributed by atoms with van der Waals surface area (Å²) in [6.07, 6.45) is 0. The maximum absolute atomic E-state index is 13.4. The summed E-state index contributed by atoms with van der Waals surface area (Å²) >= 11 is 3.07. The van der Waals surface area contributed by atoms with Crippen molar-refractivity contribution in [2.75, 3.05) is 20.3 Å². The Bertz CT molecular complexity index is 425. The first kappa shape index (κ1) is 15.1. The minimum atomic E-state index is -0.434. The van der Waals surface area contributed by atoms with Crippen LogP contribution in [0.5, 0.6) is 0 Å². The molecular formula is C13H17BrFNO2. The van der Waals surface area contributed by atoms with E-state index < -0.39 is 5.82 Å². The van der Waals surface area contributed by atoms with Gasteiger partial charge in [-0.15, -0.1) is 0 Å². The van der Waals surface area contributed by atoms with Crippen molar-refractivity contribution < 1.29 is 13.9 Å². The number of nitrogens with zero attached hydrogens (tertiary/aromatic N) is 1.